The van der Waals surface area contributed by atoms with Gasteiger partial charge in [-0.3, -0.25) is 42.3 Å². The summed E-state index contributed by atoms with van der Waals surface area (Å²) in [5.41, 5.74) is 6.56. The smallest absolute Gasteiger partial charge is 0.258 e. The maximum absolute atomic E-state index is 14.8. The number of nitrogens with one attached hydrogen (secondary N) is 1. The first-order valence-electron chi connectivity index (χ1n) is 38.6. The maximum Gasteiger partial charge on any atom is 0.258 e. The van der Waals surface area contributed by atoms with Crippen molar-refractivity contribution < 1.29 is 98.8 Å². The monoisotopic (exact) mass is 1930 g/mol. The molecule has 0 saturated carbocycles. The summed E-state index contributed by atoms with van der Waals surface area (Å²) < 4.78 is 215. The number of halogens is 13. The molecule has 670 valence electrons. The molecule has 3 aliphatic heterocycles. The number of hydrogen-bond acceptors (Lipinski definition) is 17. The summed E-state index contributed by atoms with van der Waals surface area (Å²) >= 11 is 29.5. The Hall–Kier alpha value is -12.0. The van der Waals surface area contributed by atoms with Crippen LogP contribution < -0.4 is 37.2 Å². The fourth-order valence-electron chi connectivity index (χ4n) is 15.1. The topological polar surface area (TPSA) is 278 Å². The number of pyridine rings is 3. The number of rotatable bonds is 24. The SMILES string of the molecule is CN(c1c2c(c(O)c3ncc(Cc4cc(Cl)c(F)cc4F)cc13)C(=O)N(Cc1ccc(F)c(Cl)c1)C2)S(C)(=O)=O.COc1ccc(COc2c3c(c(N(C)S(C)(=O)=O)c4cc(Cc5cc(Cl)c(F)cc5F)cnc24)CN(Cc2ccc(F)c(Cl)c2)C3=O)cc1.COc1ccc(COc2c3c(c(N(C)S(C)(=O)=O)c4cc(Cc5cc(Cl)c(F)cc5F)cnc24)CNC3=O)cc1. The Labute approximate surface area is 759 Å². The Morgan fingerprint density at radius 3 is 1.09 bits per heavy atom. The number of phenolic OH excluding ortho intramolecular Hbond substituents is 1. The van der Waals surface area contributed by atoms with Crippen LogP contribution in [0.25, 0.3) is 32.7 Å². The Balaban J connectivity index is 0.000000158. The van der Waals surface area contributed by atoms with E-state index in [1.807, 2.05) is 12.1 Å². The van der Waals surface area contributed by atoms with E-state index in [4.69, 9.17) is 77.0 Å². The number of anilines is 3. The maximum atomic E-state index is 14.8. The summed E-state index contributed by atoms with van der Waals surface area (Å²) in [6, 6.07) is 32.9. The minimum atomic E-state index is -3.89. The molecular weight excluding hydrogens is 1860 g/mol. The van der Waals surface area contributed by atoms with Crippen molar-refractivity contribution >= 4 is 156 Å². The van der Waals surface area contributed by atoms with Crippen LogP contribution in [0.3, 0.4) is 0 Å². The highest BCUT2D eigenvalue weighted by atomic mass is 35.5. The average molecular weight is 1930 g/mol. The van der Waals surface area contributed by atoms with Crippen LogP contribution in [-0.2, 0) is 95.3 Å². The zero-order chi connectivity index (χ0) is 93.1. The summed E-state index contributed by atoms with van der Waals surface area (Å²) in [5, 5.41) is 13.8. The summed E-state index contributed by atoms with van der Waals surface area (Å²) in [5.74, 6) is -6.57. The highest BCUT2D eigenvalue weighted by Crippen LogP contribution is 2.50. The lowest BCUT2D eigenvalue weighted by Gasteiger charge is -2.24. The molecule has 129 heavy (non-hydrogen) atoms. The van der Waals surface area contributed by atoms with Crippen LogP contribution in [0.1, 0.15) is 103 Å². The Bertz CT molecular complexity index is 7170. The van der Waals surface area contributed by atoms with Crippen LogP contribution in [0.15, 0.2) is 158 Å². The van der Waals surface area contributed by atoms with Crippen LogP contribution in [0.5, 0.6) is 28.7 Å². The standard InChI is InChI=1S/C35H28Cl2F3N3O5S.C28H24ClF2N3O5S.C27H20Cl2F3N3O4S/c1-42(49(3,45)46)33-24-11-21(10-22-13-27(37)30(40)14-29(22)39)15-41-32(24)34(48-18-19-4-7-23(47-2)8-5-19)31-25(33)17-43(35(31)44)16-20-6-9-28(38)26(36)12-20;1-34(40(3,36)37)26-19-9-16(8-17-10-21(29)23(31)11-22(17)30)12-32-25(19)27(24-20(26)13-33-28(24)35)39-14-15-4-6-18(38-2)7-5-15;1-34(40(2,38)39)25-16-6-14(5-15-8-19(29)22(32)9-21(15)31)10-33-24(16)26(36)23-17(25)12-35(27(23)37)11-13-3-4-20(30)18(28)7-13/h4-9,11-15H,10,16-18H2,1-3H3;4-7,9-12H,8,13-14H2,1-3H3,(H,33,35);3-4,6-10,36H,5,11-12H2,1-2H3. The molecule has 0 saturated heterocycles. The van der Waals surface area contributed by atoms with Gasteiger partial charge in [-0.05, 0) is 141 Å². The van der Waals surface area contributed by atoms with Gasteiger partial charge < -0.3 is 39.2 Å². The third-order valence-corrected chi connectivity index (χ3v) is 26.7. The van der Waals surface area contributed by atoms with Crippen LogP contribution in [0.2, 0.25) is 25.1 Å². The van der Waals surface area contributed by atoms with Crippen molar-refractivity contribution in [2.75, 3.05) is 67.0 Å². The minimum Gasteiger partial charge on any atom is -0.505 e. The number of nitrogens with zero attached hydrogens (tertiary/aromatic N) is 8. The van der Waals surface area contributed by atoms with Gasteiger partial charge in [-0.25, -0.2) is 60.4 Å². The van der Waals surface area contributed by atoms with Gasteiger partial charge in [0.05, 0.1) is 91.9 Å². The predicted molar refractivity (Wildman–Crippen MR) is 475 cm³/mol. The molecule has 3 aliphatic rings. The average Bonchev–Trinajstić information content (AvgIpc) is 1.64. The van der Waals surface area contributed by atoms with Gasteiger partial charge in [0.2, 0.25) is 30.1 Å². The first kappa shape index (κ1) is 93.1. The highest BCUT2D eigenvalue weighted by molar-refractivity contribution is 7.92. The van der Waals surface area contributed by atoms with E-state index < -0.39 is 100 Å². The minimum absolute atomic E-state index is 0.00705. The summed E-state index contributed by atoms with van der Waals surface area (Å²) in [6.45, 7) is 0.138. The van der Waals surface area contributed by atoms with Gasteiger partial charge in [0.1, 0.15) is 87.8 Å². The second-order valence-corrected chi connectivity index (χ2v) is 38.5. The molecule has 0 atom stereocenters. The molecule has 0 spiro atoms. The lowest BCUT2D eigenvalue weighted by Crippen LogP contribution is -2.27. The van der Waals surface area contributed by atoms with Gasteiger partial charge in [0.25, 0.3) is 17.7 Å². The number of carbonyl (C=O) groups is 3. The Kier molecular flexibility index (Phi) is 26.9. The van der Waals surface area contributed by atoms with E-state index >= 15 is 0 Å². The van der Waals surface area contributed by atoms with Crippen LogP contribution >= 0.6 is 58.0 Å². The van der Waals surface area contributed by atoms with E-state index in [0.717, 1.165) is 48.9 Å². The number of hydrogen-bond donors (Lipinski definition) is 2. The van der Waals surface area contributed by atoms with Gasteiger partial charge >= 0.3 is 0 Å². The van der Waals surface area contributed by atoms with Crippen molar-refractivity contribution in [2.24, 2.45) is 0 Å². The normalized spacial score (nSPS) is 13.0. The predicted octanol–water partition coefficient (Wildman–Crippen LogP) is 18.5. The van der Waals surface area contributed by atoms with Gasteiger partial charge in [-0.1, -0.05) is 94.4 Å². The van der Waals surface area contributed by atoms with E-state index in [-0.39, 0.29) is 180 Å². The second kappa shape index (κ2) is 37.2. The summed E-state index contributed by atoms with van der Waals surface area (Å²) in [7, 11) is -4.34. The number of aromatic hydroxyl groups is 1. The number of methoxy groups -OCH3 is 2. The number of aromatic nitrogens is 3. The number of amides is 3. The zero-order valence-corrected chi connectivity index (χ0v) is 75.3. The van der Waals surface area contributed by atoms with Crippen molar-refractivity contribution in [2.45, 2.75) is 65.2 Å². The van der Waals surface area contributed by atoms with Crippen molar-refractivity contribution in [1.29, 1.82) is 0 Å². The molecule has 0 unspecified atom stereocenters. The molecule has 39 heteroatoms. The van der Waals surface area contributed by atoms with Crippen LogP contribution in [0.4, 0.5) is 52.2 Å². The zero-order valence-electron chi connectivity index (χ0n) is 69.1. The quantitative estimate of drug-likeness (QED) is 0.0420. The fourth-order valence-corrected chi connectivity index (χ4v) is 17.7. The van der Waals surface area contributed by atoms with Gasteiger partial charge in [-0.2, -0.15) is 0 Å². The second-order valence-electron chi connectivity index (χ2n) is 30.4. The molecule has 23 nitrogen and oxygen atoms in total. The molecule has 0 aliphatic carbocycles. The van der Waals surface area contributed by atoms with E-state index in [9.17, 15) is 79.9 Å². The van der Waals surface area contributed by atoms with Gasteiger partial charge in [0.15, 0.2) is 17.2 Å². The van der Waals surface area contributed by atoms with Crippen LogP contribution in [0, 0.1) is 46.5 Å². The van der Waals surface area contributed by atoms with Crippen molar-refractivity contribution in [3.8, 4) is 28.7 Å². The van der Waals surface area contributed by atoms with Gasteiger partial charge in [-0.15, -0.1) is 0 Å². The van der Waals surface area contributed by atoms with Crippen LogP contribution in [-0.4, -0.2) is 127 Å². The first-order chi connectivity index (χ1) is 61.0. The van der Waals surface area contributed by atoms with Gasteiger partial charge in [0, 0.05) is 143 Å². The van der Waals surface area contributed by atoms with Crippen molar-refractivity contribution in [3.05, 3.63) is 319 Å². The molecule has 0 bridgehead atoms. The molecule has 10 aromatic carbocycles. The molecule has 0 fully saturated rings. The summed E-state index contributed by atoms with van der Waals surface area (Å²) in [6.07, 6.45) is 7.23. The third-order valence-electron chi connectivity index (χ3n) is 21.7. The van der Waals surface area contributed by atoms with E-state index in [1.54, 1.807) is 62.8 Å². The number of fused-ring (bicyclic) bond motifs is 6. The summed E-state index contributed by atoms with van der Waals surface area (Å²) in [4.78, 5) is 56.9. The number of carbonyl (C=O) groups excluding carboxylic acids is 3. The van der Waals surface area contributed by atoms with Crippen molar-refractivity contribution in [3.63, 3.8) is 0 Å². The highest BCUT2D eigenvalue weighted by Gasteiger charge is 2.41. The molecule has 2 N–H and O–H groups in total. The molecule has 13 aromatic rings. The number of sulfonamides is 3. The molecule has 3 amide bonds. The lowest BCUT2D eigenvalue weighted by atomic mass is 9.98. The largest absolute Gasteiger partial charge is 0.505 e. The number of benzene rings is 10. The number of ether oxygens (including phenoxy) is 4. The van der Waals surface area contributed by atoms with E-state index in [1.165, 1.54) is 104 Å². The first-order valence-corrected chi connectivity index (χ1v) is 46.0. The molecule has 16 rings (SSSR count). The Morgan fingerprint density at radius 2 is 0.729 bits per heavy atom. The van der Waals surface area contributed by atoms with Crippen molar-refractivity contribution in [1.82, 2.24) is 30.1 Å². The van der Waals surface area contributed by atoms with E-state index in [2.05, 4.69) is 20.3 Å². The fraction of sp³-hybridized carbons (Fsp3) is 0.200. The lowest BCUT2D eigenvalue weighted by molar-refractivity contribution is 0.0756. The molecular formula is C90H72Cl5F8N9O14S3. The molecule has 0 radical (unpaired) electrons. The van der Waals surface area contributed by atoms with E-state index in [0.29, 0.717) is 79.4 Å². The molecule has 3 aromatic heterocycles. The Morgan fingerprint density at radius 1 is 0.403 bits per heavy atom. The molecule has 6 heterocycles. The third kappa shape index (κ3) is 19.5. The number of phenols is 1.